The smallest absolute Gasteiger partial charge is 0.195 e. The number of aromatic nitrogens is 1. The van der Waals surface area contributed by atoms with Gasteiger partial charge in [-0.15, -0.1) is 0 Å². The number of rotatable bonds is 4. The number of unbranched alkanes of at least 4 members (excludes halogenated alkanes) is 1. The standard InChI is InChI=1S/C14H16FNO/c1-3-4-5-14-16-12-7-6-11(10(2)9-15)8-13(12)17-14/h6-9H,3-5H2,1-2H3. The molecule has 3 heteroatoms. The summed E-state index contributed by atoms with van der Waals surface area (Å²) in [5.41, 5.74) is 3.00. The third-order valence-corrected chi connectivity index (χ3v) is 2.80. The third kappa shape index (κ3) is 2.54. The van der Waals surface area contributed by atoms with E-state index in [1.54, 1.807) is 6.92 Å². The largest absolute Gasteiger partial charge is 0.441 e. The van der Waals surface area contributed by atoms with E-state index in [0.29, 0.717) is 11.9 Å². The lowest BCUT2D eigenvalue weighted by molar-refractivity contribution is 0.517. The predicted molar refractivity (Wildman–Crippen MR) is 67.4 cm³/mol. The molecule has 2 rings (SSSR count). The first-order chi connectivity index (χ1) is 8.24. The number of allylic oxidation sites excluding steroid dienone is 1. The molecule has 0 aliphatic heterocycles. The maximum absolute atomic E-state index is 12.4. The zero-order valence-corrected chi connectivity index (χ0v) is 10.2. The number of nitrogens with zero attached hydrogens (tertiary/aromatic N) is 1. The average Bonchev–Trinajstić information content (AvgIpc) is 2.76. The number of benzene rings is 1. The Morgan fingerprint density at radius 1 is 1.47 bits per heavy atom. The molecule has 0 radical (unpaired) electrons. The Morgan fingerprint density at radius 3 is 3.00 bits per heavy atom. The summed E-state index contributed by atoms with van der Waals surface area (Å²) in [6.45, 7) is 3.87. The highest BCUT2D eigenvalue weighted by Crippen LogP contribution is 2.22. The summed E-state index contributed by atoms with van der Waals surface area (Å²) in [5, 5.41) is 0. The monoisotopic (exact) mass is 233 g/mol. The van der Waals surface area contributed by atoms with Gasteiger partial charge in [0.15, 0.2) is 11.5 Å². The van der Waals surface area contributed by atoms with Crippen LogP contribution < -0.4 is 0 Å². The van der Waals surface area contributed by atoms with Gasteiger partial charge >= 0.3 is 0 Å². The SMILES string of the molecule is CCCCc1nc2ccc(C(C)=CF)cc2o1. The highest BCUT2D eigenvalue weighted by Gasteiger charge is 2.06. The van der Waals surface area contributed by atoms with Crippen LogP contribution in [0.15, 0.2) is 28.9 Å². The molecule has 2 aromatic rings. The summed E-state index contributed by atoms with van der Waals surface area (Å²) in [6, 6.07) is 5.57. The van der Waals surface area contributed by atoms with Crippen LogP contribution in [-0.4, -0.2) is 4.98 Å². The molecule has 17 heavy (non-hydrogen) atoms. The lowest BCUT2D eigenvalue weighted by atomic mass is 10.1. The van der Waals surface area contributed by atoms with E-state index >= 15 is 0 Å². The Kier molecular flexibility index (Phi) is 3.57. The zero-order valence-electron chi connectivity index (χ0n) is 10.2. The van der Waals surface area contributed by atoms with Crippen LogP contribution in [0.3, 0.4) is 0 Å². The number of hydrogen-bond acceptors (Lipinski definition) is 2. The molecule has 0 atom stereocenters. The van der Waals surface area contributed by atoms with Crippen LogP contribution in [0.1, 0.15) is 38.1 Å². The van der Waals surface area contributed by atoms with Gasteiger partial charge in [-0.3, -0.25) is 0 Å². The Hall–Kier alpha value is -1.64. The second-order valence-electron chi connectivity index (χ2n) is 4.19. The number of fused-ring (bicyclic) bond motifs is 1. The molecule has 2 nitrogen and oxygen atoms in total. The van der Waals surface area contributed by atoms with Crippen LogP contribution >= 0.6 is 0 Å². The van der Waals surface area contributed by atoms with E-state index in [-0.39, 0.29) is 0 Å². The van der Waals surface area contributed by atoms with Crippen molar-refractivity contribution in [3.63, 3.8) is 0 Å². The maximum Gasteiger partial charge on any atom is 0.195 e. The van der Waals surface area contributed by atoms with Gasteiger partial charge in [-0.1, -0.05) is 19.4 Å². The first kappa shape index (κ1) is 11.8. The number of hydrogen-bond donors (Lipinski definition) is 0. The fourth-order valence-corrected chi connectivity index (χ4v) is 1.72. The molecule has 0 amide bonds. The Balaban J connectivity index is 2.34. The van der Waals surface area contributed by atoms with E-state index in [9.17, 15) is 4.39 Å². The summed E-state index contributed by atoms with van der Waals surface area (Å²) in [5.74, 6) is 0.765. The average molecular weight is 233 g/mol. The zero-order chi connectivity index (χ0) is 12.3. The highest BCUT2D eigenvalue weighted by atomic mass is 19.1. The summed E-state index contributed by atoms with van der Waals surface area (Å²) < 4.78 is 18.1. The normalized spacial score (nSPS) is 12.3. The fourth-order valence-electron chi connectivity index (χ4n) is 1.72. The Bertz CT molecular complexity index is 542. The van der Waals surface area contributed by atoms with Gasteiger partial charge in [0.1, 0.15) is 5.52 Å². The quantitative estimate of drug-likeness (QED) is 0.777. The number of aryl methyl sites for hydroxylation is 1. The molecular weight excluding hydrogens is 217 g/mol. The molecule has 0 aliphatic rings. The molecule has 1 aromatic carbocycles. The lowest BCUT2D eigenvalue weighted by Crippen LogP contribution is -1.82. The van der Waals surface area contributed by atoms with E-state index in [1.165, 1.54) is 0 Å². The van der Waals surface area contributed by atoms with Crippen LogP contribution in [0.5, 0.6) is 0 Å². The van der Waals surface area contributed by atoms with E-state index in [4.69, 9.17) is 4.42 Å². The topological polar surface area (TPSA) is 26.0 Å². The van der Waals surface area contributed by atoms with Crippen molar-refractivity contribution < 1.29 is 8.81 Å². The Labute approximate surface area is 100 Å². The minimum atomic E-state index is 0.596. The molecule has 0 aliphatic carbocycles. The van der Waals surface area contributed by atoms with Crippen molar-refractivity contribution in [2.24, 2.45) is 0 Å². The van der Waals surface area contributed by atoms with Crippen molar-refractivity contribution in [3.05, 3.63) is 36.0 Å². The molecular formula is C14H16FNO. The van der Waals surface area contributed by atoms with Crippen molar-refractivity contribution in [1.29, 1.82) is 0 Å². The molecule has 0 fully saturated rings. The molecule has 0 saturated heterocycles. The second kappa shape index (κ2) is 5.13. The molecule has 1 heterocycles. The molecule has 0 spiro atoms. The van der Waals surface area contributed by atoms with Gasteiger partial charge in [0.2, 0.25) is 0 Å². The van der Waals surface area contributed by atoms with Gasteiger partial charge in [-0.25, -0.2) is 9.37 Å². The van der Waals surface area contributed by atoms with Crippen LogP contribution in [0.2, 0.25) is 0 Å². The first-order valence-electron chi connectivity index (χ1n) is 5.91. The van der Waals surface area contributed by atoms with Gasteiger partial charge in [-0.2, -0.15) is 0 Å². The van der Waals surface area contributed by atoms with Gasteiger partial charge in [-0.05, 0) is 36.6 Å². The van der Waals surface area contributed by atoms with Crippen LogP contribution in [-0.2, 0) is 6.42 Å². The van der Waals surface area contributed by atoms with Gasteiger partial charge in [0, 0.05) is 6.42 Å². The van der Waals surface area contributed by atoms with E-state index in [1.807, 2.05) is 18.2 Å². The molecule has 0 bridgehead atoms. The second-order valence-corrected chi connectivity index (χ2v) is 4.19. The molecule has 0 unspecified atom stereocenters. The van der Waals surface area contributed by atoms with Crippen molar-refractivity contribution in [1.82, 2.24) is 4.98 Å². The minimum absolute atomic E-state index is 0.596. The fraction of sp³-hybridized carbons (Fsp3) is 0.357. The van der Waals surface area contributed by atoms with Crippen molar-refractivity contribution in [2.45, 2.75) is 33.1 Å². The van der Waals surface area contributed by atoms with Crippen LogP contribution in [0, 0.1) is 0 Å². The van der Waals surface area contributed by atoms with E-state index in [0.717, 1.165) is 41.8 Å². The molecule has 1 aromatic heterocycles. The lowest BCUT2D eigenvalue weighted by Gasteiger charge is -1.97. The van der Waals surface area contributed by atoms with Crippen molar-refractivity contribution in [2.75, 3.05) is 0 Å². The summed E-state index contributed by atoms with van der Waals surface area (Å²) in [7, 11) is 0. The van der Waals surface area contributed by atoms with E-state index < -0.39 is 0 Å². The number of oxazole rings is 1. The molecule has 90 valence electrons. The van der Waals surface area contributed by atoms with Gasteiger partial charge in [0.05, 0.1) is 6.33 Å². The number of halogens is 1. The summed E-state index contributed by atoms with van der Waals surface area (Å²) in [4.78, 5) is 4.40. The molecule has 0 saturated carbocycles. The summed E-state index contributed by atoms with van der Waals surface area (Å²) >= 11 is 0. The maximum atomic E-state index is 12.4. The summed E-state index contributed by atoms with van der Waals surface area (Å²) in [6.07, 6.45) is 3.66. The minimum Gasteiger partial charge on any atom is -0.441 e. The molecule has 0 N–H and O–H groups in total. The highest BCUT2D eigenvalue weighted by molar-refractivity contribution is 5.78. The Morgan fingerprint density at radius 2 is 2.29 bits per heavy atom. The van der Waals surface area contributed by atoms with Gasteiger partial charge in [0.25, 0.3) is 0 Å². The predicted octanol–water partition coefficient (Wildman–Crippen LogP) is 4.50. The van der Waals surface area contributed by atoms with Crippen molar-refractivity contribution in [3.8, 4) is 0 Å². The van der Waals surface area contributed by atoms with Gasteiger partial charge < -0.3 is 4.42 Å². The van der Waals surface area contributed by atoms with Crippen LogP contribution in [0.4, 0.5) is 4.39 Å². The van der Waals surface area contributed by atoms with E-state index in [2.05, 4.69) is 11.9 Å². The van der Waals surface area contributed by atoms with Crippen LogP contribution in [0.25, 0.3) is 16.7 Å². The first-order valence-corrected chi connectivity index (χ1v) is 5.91. The third-order valence-electron chi connectivity index (χ3n) is 2.80. The van der Waals surface area contributed by atoms with Crippen molar-refractivity contribution >= 4 is 16.7 Å².